The predicted molar refractivity (Wildman–Crippen MR) is 91.9 cm³/mol. The van der Waals surface area contributed by atoms with Crippen molar-refractivity contribution >= 4 is 11.6 Å². The molecule has 0 spiro atoms. The Kier molecular flexibility index (Phi) is 5.68. The molecule has 0 radical (unpaired) electrons. The summed E-state index contributed by atoms with van der Waals surface area (Å²) in [5.41, 5.74) is -0.935. The predicted octanol–water partition coefficient (Wildman–Crippen LogP) is 3.73. The molecule has 1 atom stereocenters. The number of methoxy groups -OCH3 is 1. The van der Waals surface area contributed by atoms with Crippen LogP contribution in [0.2, 0.25) is 0 Å². The maximum atomic E-state index is 13.9. The van der Waals surface area contributed by atoms with E-state index in [1.807, 2.05) is 0 Å². The molecule has 28 heavy (non-hydrogen) atoms. The van der Waals surface area contributed by atoms with Crippen LogP contribution in [0.4, 0.5) is 23.2 Å². The molecule has 1 saturated heterocycles. The quantitative estimate of drug-likeness (QED) is 0.750. The van der Waals surface area contributed by atoms with Crippen molar-refractivity contribution in [3.63, 3.8) is 0 Å². The van der Waals surface area contributed by atoms with Crippen molar-refractivity contribution in [3.8, 4) is 17.4 Å². The highest BCUT2D eigenvalue weighted by molar-refractivity contribution is 5.96. The summed E-state index contributed by atoms with van der Waals surface area (Å²) in [6, 6.07) is 4.25. The number of rotatable bonds is 5. The Balaban J connectivity index is 1.80. The Morgan fingerprint density at radius 3 is 2.71 bits per heavy atom. The fraction of sp³-hybridized carbons (Fsp3) is 0.333. The average Bonchev–Trinajstić information content (AvgIpc) is 3.18. The molecule has 1 fully saturated rings. The highest BCUT2D eigenvalue weighted by Crippen LogP contribution is 2.34. The van der Waals surface area contributed by atoms with Gasteiger partial charge in [0.25, 0.3) is 5.88 Å². The van der Waals surface area contributed by atoms with Crippen LogP contribution < -0.4 is 20.1 Å². The first-order chi connectivity index (χ1) is 13.3. The van der Waals surface area contributed by atoms with Gasteiger partial charge < -0.3 is 20.1 Å². The van der Waals surface area contributed by atoms with Crippen molar-refractivity contribution in [2.75, 3.05) is 19.0 Å². The van der Waals surface area contributed by atoms with E-state index >= 15 is 0 Å². The minimum atomic E-state index is -4.71. The van der Waals surface area contributed by atoms with Crippen molar-refractivity contribution in [2.24, 2.45) is 0 Å². The zero-order valence-corrected chi connectivity index (χ0v) is 14.8. The number of pyridine rings is 1. The summed E-state index contributed by atoms with van der Waals surface area (Å²) < 4.78 is 62.2. The lowest BCUT2D eigenvalue weighted by Crippen LogP contribution is -2.35. The topological polar surface area (TPSA) is 72.5 Å². The summed E-state index contributed by atoms with van der Waals surface area (Å²) in [5.74, 6) is -1.72. The van der Waals surface area contributed by atoms with E-state index in [4.69, 9.17) is 9.47 Å². The lowest BCUT2D eigenvalue weighted by atomic mass is 10.2. The number of halogens is 4. The van der Waals surface area contributed by atoms with Gasteiger partial charge in [-0.15, -0.1) is 0 Å². The van der Waals surface area contributed by atoms with E-state index in [1.165, 1.54) is 25.3 Å². The maximum Gasteiger partial charge on any atom is 0.417 e. The van der Waals surface area contributed by atoms with Crippen LogP contribution in [-0.4, -0.2) is 30.6 Å². The van der Waals surface area contributed by atoms with Crippen molar-refractivity contribution in [1.82, 2.24) is 10.3 Å². The standard InChI is InChI=1S/C18H17F4N3O3/c1-27-15-5-4-11(8-14(15)25-16(26)13-3-2-6-23-13)28-17-12(19)7-10(9-24-17)18(20,21)22/h4-5,7-9,13,23H,2-3,6H2,1H3,(H,25,26)/t13-/m0/s1. The molecule has 1 aliphatic rings. The van der Waals surface area contributed by atoms with Crippen LogP contribution >= 0.6 is 0 Å². The van der Waals surface area contributed by atoms with Gasteiger partial charge in [0.2, 0.25) is 5.91 Å². The van der Waals surface area contributed by atoms with E-state index in [2.05, 4.69) is 15.6 Å². The van der Waals surface area contributed by atoms with E-state index in [0.29, 0.717) is 24.4 Å². The first-order valence-electron chi connectivity index (χ1n) is 8.41. The first kappa shape index (κ1) is 19.9. The number of benzene rings is 1. The molecule has 3 rings (SSSR count). The molecule has 2 aromatic rings. The Bertz CT molecular complexity index is 868. The number of alkyl halides is 3. The minimum Gasteiger partial charge on any atom is -0.495 e. The molecule has 1 aromatic carbocycles. The number of hydrogen-bond acceptors (Lipinski definition) is 5. The molecule has 0 aliphatic carbocycles. The molecular weight excluding hydrogens is 382 g/mol. The first-order valence-corrected chi connectivity index (χ1v) is 8.41. The number of hydrogen-bond donors (Lipinski definition) is 2. The summed E-state index contributed by atoms with van der Waals surface area (Å²) in [4.78, 5) is 15.7. The number of anilines is 1. The summed E-state index contributed by atoms with van der Waals surface area (Å²) >= 11 is 0. The second-order valence-electron chi connectivity index (χ2n) is 6.11. The number of carbonyl (C=O) groups is 1. The van der Waals surface area contributed by atoms with Gasteiger partial charge >= 0.3 is 6.18 Å². The van der Waals surface area contributed by atoms with Gasteiger partial charge in [-0.3, -0.25) is 4.79 Å². The second-order valence-corrected chi connectivity index (χ2v) is 6.11. The van der Waals surface area contributed by atoms with Crippen LogP contribution in [0.15, 0.2) is 30.5 Å². The third-order valence-corrected chi connectivity index (χ3v) is 4.15. The molecule has 2 N–H and O–H groups in total. The Morgan fingerprint density at radius 2 is 2.11 bits per heavy atom. The van der Waals surface area contributed by atoms with Gasteiger partial charge in [0.1, 0.15) is 11.5 Å². The van der Waals surface area contributed by atoms with Gasteiger partial charge in [-0.25, -0.2) is 9.37 Å². The zero-order chi connectivity index (χ0) is 20.3. The molecule has 1 aliphatic heterocycles. The largest absolute Gasteiger partial charge is 0.495 e. The molecule has 1 amide bonds. The molecular formula is C18H17F4N3O3. The van der Waals surface area contributed by atoms with Crippen molar-refractivity contribution in [2.45, 2.75) is 25.1 Å². The number of amides is 1. The van der Waals surface area contributed by atoms with E-state index < -0.39 is 23.4 Å². The van der Waals surface area contributed by atoms with Gasteiger partial charge in [-0.05, 0) is 37.6 Å². The Hall–Kier alpha value is -2.88. The third kappa shape index (κ3) is 4.50. The normalized spacial score (nSPS) is 16.7. The van der Waals surface area contributed by atoms with E-state index in [-0.39, 0.29) is 23.4 Å². The molecule has 0 bridgehead atoms. The van der Waals surface area contributed by atoms with Crippen molar-refractivity contribution < 1.29 is 31.8 Å². The van der Waals surface area contributed by atoms with E-state index in [1.54, 1.807) is 0 Å². The summed E-state index contributed by atoms with van der Waals surface area (Å²) in [5, 5.41) is 5.76. The van der Waals surface area contributed by atoms with Gasteiger partial charge in [0.05, 0.1) is 24.4 Å². The molecule has 10 heteroatoms. The number of nitrogens with one attached hydrogen (secondary N) is 2. The minimum absolute atomic E-state index is 0.0710. The lowest BCUT2D eigenvalue weighted by molar-refractivity contribution is -0.138. The Labute approximate surface area is 157 Å². The SMILES string of the molecule is COc1ccc(Oc2ncc(C(F)(F)F)cc2F)cc1NC(=O)[C@@H]1CCCN1. The van der Waals surface area contributed by atoms with Crippen LogP contribution in [0, 0.1) is 5.82 Å². The van der Waals surface area contributed by atoms with E-state index in [9.17, 15) is 22.4 Å². The van der Waals surface area contributed by atoms with Crippen LogP contribution in [-0.2, 0) is 11.0 Å². The molecule has 0 saturated carbocycles. The van der Waals surface area contributed by atoms with Crippen LogP contribution in [0.25, 0.3) is 0 Å². The van der Waals surface area contributed by atoms with Crippen LogP contribution in [0.5, 0.6) is 17.4 Å². The van der Waals surface area contributed by atoms with Crippen molar-refractivity contribution in [1.29, 1.82) is 0 Å². The molecule has 0 unspecified atom stereocenters. The van der Waals surface area contributed by atoms with E-state index in [0.717, 1.165) is 13.0 Å². The summed E-state index contributed by atoms with van der Waals surface area (Å²) in [7, 11) is 1.41. The molecule has 1 aromatic heterocycles. The maximum absolute atomic E-state index is 13.9. The van der Waals surface area contributed by atoms with Crippen LogP contribution in [0.1, 0.15) is 18.4 Å². The third-order valence-electron chi connectivity index (χ3n) is 4.15. The smallest absolute Gasteiger partial charge is 0.417 e. The second kappa shape index (κ2) is 8.01. The monoisotopic (exact) mass is 399 g/mol. The lowest BCUT2D eigenvalue weighted by Gasteiger charge is -2.15. The average molecular weight is 399 g/mol. The van der Waals surface area contributed by atoms with Gasteiger partial charge in [-0.2, -0.15) is 13.2 Å². The summed E-state index contributed by atoms with van der Waals surface area (Å²) in [6.07, 6.45) is -2.64. The van der Waals surface area contributed by atoms with Crippen molar-refractivity contribution in [3.05, 3.63) is 41.8 Å². The van der Waals surface area contributed by atoms with Gasteiger partial charge in [-0.1, -0.05) is 0 Å². The summed E-state index contributed by atoms with van der Waals surface area (Å²) in [6.45, 7) is 0.747. The number of ether oxygens (including phenoxy) is 2. The fourth-order valence-corrected chi connectivity index (χ4v) is 2.74. The number of carbonyl (C=O) groups excluding carboxylic acids is 1. The fourth-order valence-electron chi connectivity index (χ4n) is 2.74. The van der Waals surface area contributed by atoms with Crippen LogP contribution in [0.3, 0.4) is 0 Å². The van der Waals surface area contributed by atoms with Gasteiger partial charge in [0.15, 0.2) is 5.82 Å². The zero-order valence-electron chi connectivity index (χ0n) is 14.8. The van der Waals surface area contributed by atoms with Gasteiger partial charge in [0, 0.05) is 12.3 Å². The Morgan fingerprint density at radius 1 is 1.32 bits per heavy atom. The number of nitrogens with zero attached hydrogens (tertiary/aromatic N) is 1. The molecule has 6 nitrogen and oxygen atoms in total. The molecule has 150 valence electrons. The number of aromatic nitrogens is 1. The highest BCUT2D eigenvalue weighted by Gasteiger charge is 2.32. The molecule has 2 heterocycles. The highest BCUT2D eigenvalue weighted by atomic mass is 19.4.